The number of rotatable bonds is 3. The highest BCUT2D eigenvalue weighted by Crippen LogP contribution is 2.28. The van der Waals surface area contributed by atoms with E-state index in [-0.39, 0.29) is 11.9 Å². The van der Waals surface area contributed by atoms with E-state index in [0.717, 1.165) is 30.6 Å². The van der Waals surface area contributed by atoms with Gasteiger partial charge in [0.05, 0.1) is 0 Å². The Balaban J connectivity index is 2.39. The lowest BCUT2D eigenvalue weighted by Gasteiger charge is -2.26. The molecule has 4 N–H and O–H groups in total. The summed E-state index contributed by atoms with van der Waals surface area (Å²) in [5.74, 6) is -0.291. The maximum absolute atomic E-state index is 11.4. The normalized spacial score (nSPS) is 19.3. The molecular formula is C12H15N3OS. The van der Waals surface area contributed by atoms with Crippen LogP contribution in [0.1, 0.15) is 18.4 Å². The van der Waals surface area contributed by atoms with Crippen LogP contribution in [0.3, 0.4) is 0 Å². The minimum Gasteiger partial charge on any atom is -0.389 e. The highest BCUT2D eigenvalue weighted by atomic mass is 32.1. The van der Waals surface area contributed by atoms with E-state index in [9.17, 15) is 4.79 Å². The molecule has 0 spiro atoms. The zero-order valence-electron chi connectivity index (χ0n) is 9.43. The number of carbonyl (C=O) groups excluding carboxylic acids is 1. The third-order valence-corrected chi connectivity index (χ3v) is 3.28. The van der Waals surface area contributed by atoms with Gasteiger partial charge < -0.3 is 16.4 Å². The molecule has 0 saturated carbocycles. The van der Waals surface area contributed by atoms with Crippen molar-refractivity contribution < 1.29 is 4.79 Å². The van der Waals surface area contributed by atoms with Crippen LogP contribution in [-0.2, 0) is 4.79 Å². The van der Waals surface area contributed by atoms with Crippen molar-refractivity contribution in [3.8, 4) is 0 Å². The van der Waals surface area contributed by atoms with Gasteiger partial charge in [-0.2, -0.15) is 0 Å². The monoisotopic (exact) mass is 249 g/mol. The number of benzene rings is 1. The molecular weight excluding hydrogens is 234 g/mol. The minimum atomic E-state index is -0.291. The molecule has 1 saturated heterocycles. The van der Waals surface area contributed by atoms with Crippen molar-refractivity contribution in [1.29, 1.82) is 0 Å². The van der Waals surface area contributed by atoms with Gasteiger partial charge >= 0.3 is 0 Å². The maximum Gasteiger partial charge on any atom is 0.240 e. The van der Waals surface area contributed by atoms with Gasteiger partial charge in [0.15, 0.2) is 0 Å². The Kier molecular flexibility index (Phi) is 3.28. The largest absolute Gasteiger partial charge is 0.389 e. The fourth-order valence-electron chi connectivity index (χ4n) is 2.28. The van der Waals surface area contributed by atoms with Gasteiger partial charge in [0.1, 0.15) is 11.0 Å². The molecule has 0 bridgehead atoms. The maximum atomic E-state index is 11.4. The standard InChI is InChI=1S/C12H15N3OS/c13-11(16)10-6-3-7-15(10)9-5-2-1-4-8(9)12(14)17/h1-2,4-5,10H,3,6-7H2,(H2,13,16)(H2,14,17). The van der Waals surface area contributed by atoms with E-state index < -0.39 is 0 Å². The average Bonchev–Trinajstić information content (AvgIpc) is 2.77. The van der Waals surface area contributed by atoms with E-state index in [1.807, 2.05) is 29.2 Å². The summed E-state index contributed by atoms with van der Waals surface area (Å²) < 4.78 is 0. The lowest BCUT2D eigenvalue weighted by molar-refractivity contribution is -0.119. The molecule has 1 unspecified atom stereocenters. The van der Waals surface area contributed by atoms with Gasteiger partial charge in [-0.3, -0.25) is 4.79 Å². The molecule has 17 heavy (non-hydrogen) atoms. The second kappa shape index (κ2) is 4.71. The number of para-hydroxylation sites is 1. The number of hydrogen-bond donors (Lipinski definition) is 2. The molecule has 4 nitrogen and oxygen atoms in total. The highest BCUT2D eigenvalue weighted by Gasteiger charge is 2.30. The molecule has 0 aliphatic carbocycles. The highest BCUT2D eigenvalue weighted by molar-refractivity contribution is 7.80. The number of primary amides is 1. The van der Waals surface area contributed by atoms with Gasteiger partial charge in [-0.1, -0.05) is 24.4 Å². The fraction of sp³-hybridized carbons (Fsp3) is 0.333. The van der Waals surface area contributed by atoms with Crippen LogP contribution in [0.25, 0.3) is 0 Å². The third-order valence-electron chi connectivity index (χ3n) is 3.06. The van der Waals surface area contributed by atoms with Crippen molar-refractivity contribution in [1.82, 2.24) is 0 Å². The van der Waals surface area contributed by atoms with Crippen LogP contribution in [0.4, 0.5) is 5.69 Å². The van der Waals surface area contributed by atoms with Crippen LogP contribution in [0.15, 0.2) is 24.3 Å². The zero-order chi connectivity index (χ0) is 12.4. The van der Waals surface area contributed by atoms with E-state index in [1.165, 1.54) is 0 Å². The molecule has 1 atom stereocenters. The van der Waals surface area contributed by atoms with Gasteiger partial charge in [0.25, 0.3) is 0 Å². The topological polar surface area (TPSA) is 72.4 Å². The molecule has 1 aromatic rings. The summed E-state index contributed by atoms with van der Waals surface area (Å²) in [4.78, 5) is 13.7. The van der Waals surface area contributed by atoms with Crippen molar-refractivity contribution in [3.05, 3.63) is 29.8 Å². The Morgan fingerprint density at radius 1 is 1.35 bits per heavy atom. The summed E-state index contributed by atoms with van der Waals surface area (Å²) in [7, 11) is 0. The van der Waals surface area contributed by atoms with E-state index in [1.54, 1.807) is 0 Å². The second-order valence-electron chi connectivity index (χ2n) is 4.14. The summed E-state index contributed by atoms with van der Waals surface area (Å²) in [5, 5.41) is 0. The van der Waals surface area contributed by atoms with Gasteiger partial charge in [0, 0.05) is 17.8 Å². The quantitative estimate of drug-likeness (QED) is 0.776. The number of thiocarbonyl (C=S) groups is 1. The number of anilines is 1. The first-order chi connectivity index (χ1) is 8.11. The van der Waals surface area contributed by atoms with Crippen molar-refractivity contribution in [2.24, 2.45) is 11.5 Å². The molecule has 1 aliphatic heterocycles. The van der Waals surface area contributed by atoms with Crippen LogP contribution in [-0.4, -0.2) is 23.5 Å². The summed E-state index contributed by atoms with van der Waals surface area (Å²) in [6.45, 7) is 0.813. The van der Waals surface area contributed by atoms with Crippen LogP contribution >= 0.6 is 12.2 Å². The van der Waals surface area contributed by atoms with E-state index >= 15 is 0 Å². The minimum absolute atomic E-state index is 0.245. The Morgan fingerprint density at radius 2 is 2.06 bits per heavy atom. The van der Waals surface area contributed by atoms with Crippen LogP contribution < -0.4 is 16.4 Å². The van der Waals surface area contributed by atoms with E-state index in [0.29, 0.717) is 4.99 Å². The Hall–Kier alpha value is -1.62. The summed E-state index contributed by atoms with van der Waals surface area (Å²) in [6, 6.07) is 7.34. The number of amides is 1. The molecule has 90 valence electrons. The molecule has 2 rings (SSSR count). The summed E-state index contributed by atoms with van der Waals surface area (Å²) in [6.07, 6.45) is 1.75. The average molecular weight is 249 g/mol. The summed E-state index contributed by atoms with van der Waals surface area (Å²) >= 11 is 5.02. The lowest BCUT2D eigenvalue weighted by Crippen LogP contribution is -2.41. The molecule has 0 aromatic heterocycles. The van der Waals surface area contributed by atoms with Crippen molar-refractivity contribution in [2.75, 3.05) is 11.4 Å². The number of carbonyl (C=O) groups is 1. The first-order valence-electron chi connectivity index (χ1n) is 5.56. The predicted octanol–water partition coefficient (Wildman–Crippen LogP) is 0.775. The Bertz CT molecular complexity index is 461. The fourth-order valence-corrected chi connectivity index (χ4v) is 2.46. The first-order valence-corrected chi connectivity index (χ1v) is 5.97. The predicted molar refractivity (Wildman–Crippen MR) is 71.9 cm³/mol. The zero-order valence-corrected chi connectivity index (χ0v) is 10.2. The van der Waals surface area contributed by atoms with Crippen LogP contribution in [0.2, 0.25) is 0 Å². The van der Waals surface area contributed by atoms with Crippen LogP contribution in [0.5, 0.6) is 0 Å². The molecule has 5 heteroatoms. The van der Waals surface area contributed by atoms with Crippen LogP contribution in [0, 0.1) is 0 Å². The van der Waals surface area contributed by atoms with Crippen molar-refractivity contribution in [2.45, 2.75) is 18.9 Å². The van der Waals surface area contributed by atoms with Crippen molar-refractivity contribution >= 4 is 28.8 Å². The lowest BCUT2D eigenvalue weighted by atomic mass is 10.1. The first kappa shape index (κ1) is 11.9. The van der Waals surface area contributed by atoms with E-state index in [2.05, 4.69) is 0 Å². The van der Waals surface area contributed by atoms with Gasteiger partial charge in [0.2, 0.25) is 5.91 Å². The number of nitrogens with two attached hydrogens (primary N) is 2. The SMILES string of the molecule is NC(=O)C1CCCN1c1ccccc1C(N)=S. The molecule has 1 aromatic carbocycles. The smallest absolute Gasteiger partial charge is 0.240 e. The second-order valence-corrected chi connectivity index (χ2v) is 4.58. The van der Waals surface area contributed by atoms with Gasteiger partial charge in [-0.05, 0) is 25.0 Å². The third kappa shape index (κ3) is 2.24. The number of hydrogen-bond acceptors (Lipinski definition) is 3. The Labute approximate surface area is 106 Å². The molecule has 0 radical (unpaired) electrons. The van der Waals surface area contributed by atoms with Gasteiger partial charge in [-0.25, -0.2) is 0 Å². The molecule has 1 aliphatic rings. The van der Waals surface area contributed by atoms with Crippen molar-refractivity contribution in [3.63, 3.8) is 0 Å². The van der Waals surface area contributed by atoms with Gasteiger partial charge in [-0.15, -0.1) is 0 Å². The Morgan fingerprint density at radius 3 is 2.71 bits per heavy atom. The molecule has 1 amide bonds. The summed E-state index contributed by atoms with van der Waals surface area (Å²) in [5.41, 5.74) is 12.8. The van der Waals surface area contributed by atoms with E-state index in [4.69, 9.17) is 23.7 Å². The molecule has 1 fully saturated rings. The molecule has 1 heterocycles. The number of nitrogens with zero attached hydrogens (tertiary/aromatic N) is 1.